The van der Waals surface area contributed by atoms with Gasteiger partial charge in [0.2, 0.25) is 0 Å². The van der Waals surface area contributed by atoms with Gasteiger partial charge < -0.3 is 5.32 Å². The average Bonchev–Trinajstić information content (AvgIpc) is 2.40. The van der Waals surface area contributed by atoms with Crippen LogP contribution in [0, 0.1) is 11.8 Å². The maximum Gasteiger partial charge on any atom is 0.0346 e. The summed E-state index contributed by atoms with van der Waals surface area (Å²) < 4.78 is 1.18. The Morgan fingerprint density at radius 3 is 2.56 bits per heavy atom. The maximum absolute atomic E-state index is 3.58. The lowest BCUT2D eigenvalue weighted by molar-refractivity contribution is 0.224. The zero-order valence-corrected chi connectivity index (χ0v) is 13.0. The Morgan fingerprint density at radius 1 is 1.28 bits per heavy atom. The fraction of sp³-hybridized carbons (Fsp3) is 0.625. The smallest absolute Gasteiger partial charge is 0.0346 e. The molecular formula is C16H24BrN. The van der Waals surface area contributed by atoms with Crippen LogP contribution < -0.4 is 5.32 Å². The summed E-state index contributed by atoms with van der Waals surface area (Å²) >= 11 is 3.58. The van der Waals surface area contributed by atoms with Gasteiger partial charge in [-0.15, -0.1) is 0 Å². The van der Waals surface area contributed by atoms with E-state index < -0.39 is 0 Å². The lowest BCUT2D eigenvalue weighted by Gasteiger charge is -2.33. The summed E-state index contributed by atoms with van der Waals surface area (Å²) in [7, 11) is 2.09. The van der Waals surface area contributed by atoms with E-state index >= 15 is 0 Å². The summed E-state index contributed by atoms with van der Waals surface area (Å²) in [5, 5.41) is 3.53. The number of halogens is 1. The number of nitrogens with one attached hydrogen (secondary N) is 1. The first-order chi connectivity index (χ1) is 8.74. The van der Waals surface area contributed by atoms with Crippen molar-refractivity contribution in [2.75, 3.05) is 7.05 Å². The number of hydrogen-bond donors (Lipinski definition) is 1. The predicted octanol–water partition coefficient (Wildman–Crippen LogP) is 4.93. The fourth-order valence-corrected chi connectivity index (χ4v) is 3.72. The number of benzene rings is 1. The van der Waals surface area contributed by atoms with Crippen molar-refractivity contribution in [2.45, 2.75) is 45.1 Å². The second kappa shape index (κ2) is 6.72. The standard InChI is InChI=1S/C16H24BrN/c1-3-12-7-9-13(10-8-12)16(18-2)14-5-4-6-15(17)11-14/h4-6,11-13,16,18H,3,7-10H2,1-2H3. The van der Waals surface area contributed by atoms with Gasteiger partial charge in [0, 0.05) is 10.5 Å². The number of rotatable bonds is 4. The number of hydrogen-bond acceptors (Lipinski definition) is 1. The molecule has 2 rings (SSSR count). The minimum absolute atomic E-state index is 0.514. The van der Waals surface area contributed by atoms with Crippen LogP contribution >= 0.6 is 15.9 Å². The molecule has 0 spiro atoms. The highest BCUT2D eigenvalue weighted by molar-refractivity contribution is 9.10. The molecule has 1 aromatic rings. The van der Waals surface area contributed by atoms with Gasteiger partial charge in [-0.1, -0.05) is 54.2 Å². The molecule has 100 valence electrons. The second-order valence-corrected chi connectivity index (χ2v) is 6.43. The third-order valence-electron chi connectivity index (χ3n) is 4.46. The summed E-state index contributed by atoms with van der Waals surface area (Å²) in [5.41, 5.74) is 1.42. The third-order valence-corrected chi connectivity index (χ3v) is 4.95. The van der Waals surface area contributed by atoms with Crippen LogP contribution in [-0.2, 0) is 0 Å². The van der Waals surface area contributed by atoms with E-state index in [0.717, 1.165) is 11.8 Å². The van der Waals surface area contributed by atoms with E-state index in [0.29, 0.717) is 6.04 Å². The van der Waals surface area contributed by atoms with Gasteiger partial charge in [0.15, 0.2) is 0 Å². The van der Waals surface area contributed by atoms with Crippen LogP contribution in [0.25, 0.3) is 0 Å². The van der Waals surface area contributed by atoms with Crippen molar-refractivity contribution in [1.29, 1.82) is 0 Å². The minimum atomic E-state index is 0.514. The summed E-state index contributed by atoms with van der Waals surface area (Å²) in [4.78, 5) is 0. The minimum Gasteiger partial charge on any atom is -0.313 e. The van der Waals surface area contributed by atoms with E-state index in [1.54, 1.807) is 0 Å². The summed E-state index contributed by atoms with van der Waals surface area (Å²) in [6.07, 6.45) is 6.92. The molecule has 0 heterocycles. The predicted molar refractivity (Wildman–Crippen MR) is 81.7 cm³/mol. The molecule has 0 bridgehead atoms. The Hall–Kier alpha value is -0.340. The van der Waals surface area contributed by atoms with Gasteiger partial charge in [0.25, 0.3) is 0 Å². The van der Waals surface area contributed by atoms with Crippen molar-refractivity contribution in [2.24, 2.45) is 11.8 Å². The quantitative estimate of drug-likeness (QED) is 0.832. The van der Waals surface area contributed by atoms with E-state index in [4.69, 9.17) is 0 Å². The van der Waals surface area contributed by atoms with Crippen molar-refractivity contribution in [3.05, 3.63) is 34.3 Å². The van der Waals surface area contributed by atoms with Gasteiger partial charge in [0.05, 0.1) is 0 Å². The summed E-state index contributed by atoms with van der Waals surface area (Å²) in [5.74, 6) is 1.77. The first-order valence-electron chi connectivity index (χ1n) is 7.17. The van der Waals surface area contributed by atoms with E-state index in [9.17, 15) is 0 Å². The van der Waals surface area contributed by atoms with Crippen LogP contribution in [0.4, 0.5) is 0 Å². The molecule has 0 radical (unpaired) electrons. The van der Waals surface area contributed by atoms with Crippen LogP contribution in [0.5, 0.6) is 0 Å². The Balaban J connectivity index is 2.05. The van der Waals surface area contributed by atoms with Crippen molar-refractivity contribution in [1.82, 2.24) is 5.32 Å². The van der Waals surface area contributed by atoms with Gasteiger partial charge in [0.1, 0.15) is 0 Å². The van der Waals surface area contributed by atoms with Crippen LogP contribution in [0.3, 0.4) is 0 Å². The maximum atomic E-state index is 3.58. The molecular weight excluding hydrogens is 286 g/mol. The van der Waals surface area contributed by atoms with E-state index in [2.05, 4.69) is 59.5 Å². The Kier molecular flexibility index (Phi) is 5.25. The van der Waals surface area contributed by atoms with E-state index in [-0.39, 0.29) is 0 Å². The molecule has 0 saturated heterocycles. The lowest BCUT2D eigenvalue weighted by atomic mass is 9.76. The lowest BCUT2D eigenvalue weighted by Crippen LogP contribution is -2.28. The molecule has 1 aliphatic rings. The monoisotopic (exact) mass is 309 g/mol. The first-order valence-corrected chi connectivity index (χ1v) is 7.96. The molecule has 0 aromatic heterocycles. The van der Waals surface area contributed by atoms with E-state index in [1.165, 1.54) is 42.1 Å². The second-order valence-electron chi connectivity index (χ2n) is 5.51. The highest BCUT2D eigenvalue weighted by Gasteiger charge is 2.27. The topological polar surface area (TPSA) is 12.0 Å². The third kappa shape index (κ3) is 3.36. The Morgan fingerprint density at radius 2 is 2.00 bits per heavy atom. The normalized spacial score (nSPS) is 25.9. The molecule has 1 aromatic carbocycles. The molecule has 1 aliphatic carbocycles. The molecule has 0 amide bonds. The van der Waals surface area contributed by atoms with Crippen molar-refractivity contribution < 1.29 is 0 Å². The molecule has 1 nitrogen and oxygen atoms in total. The van der Waals surface area contributed by atoms with Gasteiger partial charge in [-0.3, -0.25) is 0 Å². The Bertz CT molecular complexity index is 369. The zero-order chi connectivity index (χ0) is 13.0. The highest BCUT2D eigenvalue weighted by Crippen LogP contribution is 2.38. The van der Waals surface area contributed by atoms with Crippen LogP contribution in [0.15, 0.2) is 28.7 Å². The van der Waals surface area contributed by atoms with Gasteiger partial charge in [-0.2, -0.15) is 0 Å². The molecule has 2 heteroatoms. The van der Waals surface area contributed by atoms with Crippen LogP contribution in [0.1, 0.15) is 50.6 Å². The van der Waals surface area contributed by atoms with Crippen LogP contribution in [0.2, 0.25) is 0 Å². The molecule has 1 atom stereocenters. The molecule has 1 saturated carbocycles. The van der Waals surface area contributed by atoms with E-state index in [1.807, 2.05) is 0 Å². The first kappa shape index (κ1) is 14.1. The van der Waals surface area contributed by atoms with Gasteiger partial charge >= 0.3 is 0 Å². The van der Waals surface area contributed by atoms with Crippen molar-refractivity contribution in [3.8, 4) is 0 Å². The van der Waals surface area contributed by atoms with Crippen molar-refractivity contribution in [3.63, 3.8) is 0 Å². The van der Waals surface area contributed by atoms with Gasteiger partial charge in [-0.05, 0) is 49.4 Å². The Labute approximate surface area is 119 Å². The average molecular weight is 310 g/mol. The molecule has 1 fully saturated rings. The van der Waals surface area contributed by atoms with Crippen LogP contribution in [-0.4, -0.2) is 7.05 Å². The zero-order valence-electron chi connectivity index (χ0n) is 11.5. The summed E-state index contributed by atoms with van der Waals surface area (Å²) in [6.45, 7) is 2.33. The largest absolute Gasteiger partial charge is 0.313 e. The fourth-order valence-electron chi connectivity index (χ4n) is 3.30. The SMILES string of the molecule is CCC1CCC(C(NC)c2cccc(Br)c2)CC1. The van der Waals surface area contributed by atoms with Crippen molar-refractivity contribution >= 4 is 15.9 Å². The van der Waals surface area contributed by atoms with Gasteiger partial charge in [-0.25, -0.2) is 0 Å². The molecule has 1 unspecified atom stereocenters. The molecule has 1 N–H and O–H groups in total. The molecule has 18 heavy (non-hydrogen) atoms. The highest BCUT2D eigenvalue weighted by atomic mass is 79.9. The molecule has 0 aliphatic heterocycles. The summed E-state index contributed by atoms with van der Waals surface area (Å²) in [6, 6.07) is 9.26.